The molecule has 0 aliphatic carbocycles. The number of hydrogen-bond donors (Lipinski definition) is 1. The van der Waals surface area contributed by atoms with Crippen LogP contribution in [0, 0.1) is 16.0 Å². The lowest BCUT2D eigenvalue weighted by Gasteiger charge is -2.11. The van der Waals surface area contributed by atoms with E-state index in [1.54, 1.807) is 30.1 Å². The molecule has 0 aliphatic rings. The van der Waals surface area contributed by atoms with Crippen LogP contribution in [0.5, 0.6) is 0 Å². The van der Waals surface area contributed by atoms with E-state index >= 15 is 0 Å². The lowest BCUT2D eigenvalue weighted by Crippen LogP contribution is -2.22. The molecule has 0 spiro atoms. The maximum atomic E-state index is 12.1. The zero-order valence-corrected chi connectivity index (χ0v) is 12.5. The number of non-ortho nitro benzene ring substituents is 1. The maximum Gasteiger partial charge on any atom is 0.270 e. The van der Waals surface area contributed by atoms with E-state index in [1.165, 1.54) is 12.1 Å². The van der Waals surface area contributed by atoms with Gasteiger partial charge in [-0.05, 0) is 23.8 Å². The summed E-state index contributed by atoms with van der Waals surface area (Å²) < 4.78 is 0. The van der Waals surface area contributed by atoms with Crippen molar-refractivity contribution in [1.82, 2.24) is 4.98 Å². The number of benzene rings is 1. The fourth-order valence-corrected chi connectivity index (χ4v) is 2.59. The molecule has 2 aromatic rings. The van der Waals surface area contributed by atoms with Gasteiger partial charge in [0, 0.05) is 35.4 Å². The number of carbonyl (C=O) groups excluding carboxylic acids is 1. The molecule has 0 aliphatic heterocycles. The Labute approximate surface area is 126 Å². The van der Waals surface area contributed by atoms with Gasteiger partial charge >= 0.3 is 0 Å². The van der Waals surface area contributed by atoms with Gasteiger partial charge < -0.3 is 5.32 Å². The third-order valence-electron chi connectivity index (χ3n) is 3.07. The molecule has 0 saturated heterocycles. The number of anilines is 1. The molecule has 1 atom stereocenters. The van der Waals surface area contributed by atoms with Gasteiger partial charge in [-0.15, -0.1) is 0 Å². The Balaban J connectivity index is 2.37. The van der Waals surface area contributed by atoms with Gasteiger partial charge in [0.2, 0.25) is 5.91 Å². The number of nitrogens with zero attached hydrogens (tertiary/aromatic N) is 2. The summed E-state index contributed by atoms with van der Waals surface area (Å²) in [6, 6.07) is 6.26. The van der Waals surface area contributed by atoms with E-state index in [9.17, 15) is 14.9 Å². The number of aromatic nitrogens is 1. The number of fused-ring (bicyclic) bond motifs is 1. The molecule has 1 heterocycles. The first-order chi connectivity index (χ1) is 10.0. The molecular formula is C14H15N3O3S. The van der Waals surface area contributed by atoms with Crippen LogP contribution in [0.3, 0.4) is 0 Å². The van der Waals surface area contributed by atoms with Gasteiger partial charge in [0.05, 0.1) is 4.92 Å². The van der Waals surface area contributed by atoms with Gasteiger partial charge in [-0.1, -0.05) is 6.92 Å². The van der Waals surface area contributed by atoms with Crippen LogP contribution in [-0.2, 0) is 4.79 Å². The summed E-state index contributed by atoms with van der Waals surface area (Å²) in [6.07, 6.45) is 3.51. The summed E-state index contributed by atoms with van der Waals surface area (Å²) >= 11 is 1.59. The summed E-state index contributed by atoms with van der Waals surface area (Å²) in [6.45, 7) is 1.83. The largest absolute Gasteiger partial charge is 0.310 e. The molecule has 6 nitrogen and oxygen atoms in total. The van der Waals surface area contributed by atoms with Crippen LogP contribution in [-0.4, -0.2) is 27.8 Å². The van der Waals surface area contributed by atoms with Crippen molar-refractivity contribution in [2.75, 3.05) is 17.3 Å². The molecule has 21 heavy (non-hydrogen) atoms. The van der Waals surface area contributed by atoms with E-state index in [4.69, 9.17) is 0 Å². The Morgan fingerprint density at radius 2 is 2.24 bits per heavy atom. The van der Waals surface area contributed by atoms with E-state index in [0.717, 1.165) is 5.39 Å². The number of thioether (sulfide) groups is 1. The Hall–Kier alpha value is -2.15. The van der Waals surface area contributed by atoms with E-state index in [2.05, 4.69) is 10.3 Å². The van der Waals surface area contributed by atoms with Crippen molar-refractivity contribution in [3.05, 3.63) is 40.6 Å². The Morgan fingerprint density at radius 1 is 1.48 bits per heavy atom. The molecule has 0 saturated carbocycles. The smallest absolute Gasteiger partial charge is 0.270 e. The number of pyridine rings is 1. The van der Waals surface area contributed by atoms with Crippen LogP contribution in [0.4, 0.5) is 11.5 Å². The van der Waals surface area contributed by atoms with Gasteiger partial charge in [-0.3, -0.25) is 14.9 Å². The molecule has 1 N–H and O–H groups in total. The van der Waals surface area contributed by atoms with E-state index in [-0.39, 0.29) is 17.5 Å². The van der Waals surface area contributed by atoms with Crippen LogP contribution >= 0.6 is 11.8 Å². The topological polar surface area (TPSA) is 85.1 Å². The fraction of sp³-hybridized carbons (Fsp3) is 0.286. The molecule has 0 bridgehead atoms. The predicted molar refractivity (Wildman–Crippen MR) is 84.6 cm³/mol. The first kappa shape index (κ1) is 15.2. The highest BCUT2D eigenvalue weighted by Crippen LogP contribution is 2.26. The van der Waals surface area contributed by atoms with Crippen molar-refractivity contribution in [3.63, 3.8) is 0 Å². The summed E-state index contributed by atoms with van der Waals surface area (Å²) in [5.74, 6) is 0.761. The zero-order chi connectivity index (χ0) is 15.4. The van der Waals surface area contributed by atoms with Gasteiger partial charge in [0.15, 0.2) is 0 Å². The molecule has 1 aromatic heterocycles. The second kappa shape index (κ2) is 6.53. The first-order valence-corrected chi connectivity index (χ1v) is 7.75. The van der Waals surface area contributed by atoms with Crippen LogP contribution < -0.4 is 5.32 Å². The highest BCUT2D eigenvalue weighted by molar-refractivity contribution is 7.98. The number of hydrogen-bond acceptors (Lipinski definition) is 5. The second-order valence-electron chi connectivity index (χ2n) is 4.67. The highest BCUT2D eigenvalue weighted by atomic mass is 32.2. The maximum absolute atomic E-state index is 12.1. The molecule has 0 fully saturated rings. The number of nitro benzene ring substituents is 1. The average Bonchev–Trinajstić information content (AvgIpc) is 2.47. The first-order valence-electron chi connectivity index (χ1n) is 6.36. The fourth-order valence-electron chi connectivity index (χ4n) is 1.94. The molecule has 2 rings (SSSR count). The molecule has 1 amide bonds. The van der Waals surface area contributed by atoms with Gasteiger partial charge in [0.1, 0.15) is 5.82 Å². The number of rotatable bonds is 5. The van der Waals surface area contributed by atoms with Gasteiger partial charge in [-0.2, -0.15) is 11.8 Å². The highest BCUT2D eigenvalue weighted by Gasteiger charge is 2.15. The molecule has 0 radical (unpaired) electrons. The number of carbonyl (C=O) groups is 1. The van der Waals surface area contributed by atoms with Crippen molar-refractivity contribution < 1.29 is 9.72 Å². The van der Waals surface area contributed by atoms with Gasteiger partial charge in [0.25, 0.3) is 5.69 Å². The number of amides is 1. The van der Waals surface area contributed by atoms with Crippen molar-refractivity contribution in [2.45, 2.75) is 6.92 Å². The van der Waals surface area contributed by atoms with E-state index in [1.807, 2.05) is 13.2 Å². The van der Waals surface area contributed by atoms with E-state index in [0.29, 0.717) is 17.0 Å². The number of nitro groups is 1. The minimum absolute atomic E-state index is 0.0249. The third kappa shape index (κ3) is 3.49. The molecular weight excluding hydrogens is 290 g/mol. The van der Waals surface area contributed by atoms with E-state index < -0.39 is 4.92 Å². The van der Waals surface area contributed by atoms with Crippen LogP contribution in [0.1, 0.15) is 6.92 Å². The Kier molecular flexibility index (Phi) is 4.74. The van der Waals surface area contributed by atoms with Crippen LogP contribution in [0.25, 0.3) is 10.8 Å². The predicted octanol–water partition coefficient (Wildman–Crippen LogP) is 3.08. The molecule has 7 heteroatoms. The van der Waals surface area contributed by atoms with Crippen molar-refractivity contribution in [2.24, 2.45) is 5.92 Å². The summed E-state index contributed by atoms with van der Waals surface area (Å²) in [4.78, 5) is 26.6. The SMILES string of the molecule is CSCC(C)C(=O)Nc1nccc2ccc([N+](=O)[O-])cc12. The van der Waals surface area contributed by atoms with Crippen LogP contribution in [0.2, 0.25) is 0 Å². The molecule has 1 unspecified atom stereocenters. The normalized spacial score (nSPS) is 12.1. The number of nitrogens with one attached hydrogen (secondary N) is 1. The minimum Gasteiger partial charge on any atom is -0.310 e. The summed E-state index contributed by atoms with van der Waals surface area (Å²) in [5, 5.41) is 15.0. The minimum atomic E-state index is -0.464. The van der Waals surface area contributed by atoms with Gasteiger partial charge in [-0.25, -0.2) is 4.98 Å². The second-order valence-corrected chi connectivity index (χ2v) is 5.58. The Morgan fingerprint density at radius 3 is 2.90 bits per heavy atom. The summed E-state index contributed by atoms with van der Waals surface area (Å²) in [7, 11) is 0. The third-order valence-corrected chi connectivity index (χ3v) is 3.90. The zero-order valence-electron chi connectivity index (χ0n) is 11.7. The standard InChI is InChI=1S/C14H15N3O3S/c1-9(8-21-2)14(18)16-13-12-7-11(17(19)20)4-3-10(12)5-6-15-13/h3-7,9H,8H2,1-2H3,(H,15,16,18). The molecule has 1 aromatic carbocycles. The van der Waals surface area contributed by atoms with Crippen LogP contribution in [0.15, 0.2) is 30.5 Å². The molecule has 110 valence electrons. The Bertz CT molecular complexity index is 690. The lowest BCUT2D eigenvalue weighted by molar-refractivity contribution is -0.384. The summed E-state index contributed by atoms with van der Waals surface area (Å²) in [5.41, 5.74) is -0.0249. The monoisotopic (exact) mass is 305 g/mol. The average molecular weight is 305 g/mol. The lowest BCUT2D eigenvalue weighted by atomic mass is 10.1. The van der Waals surface area contributed by atoms with Crippen molar-refractivity contribution >= 4 is 39.9 Å². The van der Waals surface area contributed by atoms with Crippen molar-refractivity contribution in [1.29, 1.82) is 0 Å². The van der Waals surface area contributed by atoms with Crippen molar-refractivity contribution in [3.8, 4) is 0 Å². The quantitative estimate of drug-likeness (QED) is 0.677.